The van der Waals surface area contributed by atoms with E-state index in [1.54, 1.807) is 6.07 Å². The second kappa shape index (κ2) is 5.44. The Kier molecular flexibility index (Phi) is 3.39. The molecule has 1 fully saturated rings. The Morgan fingerprint density at radius 3 is 3.00 bits per heavy atom. The standard InChI is InChI=1S/C17H19FN4O/c1-2-15-19-20-16-10-21(6-7-22(15)16)17(23)14-9-13(14)11-4-3-5-12(18)8-11/h3-5,8,13-14H,2,6-7,9-10H2,1H3/t13-,14-/m1/s1. The van der Waals surface area contributed by atoms with Gasteiger partial charge in [0.2, 0.25) is 5.91 Å². The maximum absolute atomic E-state index is 13.3. The zero-order valence-corrected chi connectivity index (χ0v) is 13.1. The molecule has 0 spiro atoms. The van der Waals surface area contributed by atoms with Crippen LogP contribution in [0.2, 0.25) is 0 Å². The van der Waals surface area contributed by atoms with Crippen molar-refractivity contribution in [2.45, 2.75) is 38.8 Å². The van der Waals surface area contributed by atoms with Gasteiger partial charge in [0.05, 0.1) is 6.54 Å². The summed E-state index contributed by atoms with van der Waals surface area (Å²) >= 11 is 0. The summed E-state index contributed by atoms with van der Waals surface area (Å²) in [4.78, 5) is 14.6. The molecule has 120 valence electrons. The monoisotopic (exact) mass is 314 g/mol. The minimum absolute atomic E-state index is 0.0167. The fourth-order valence-electron chi connectivity index (χ4n) is 3.48. The fraction of sp³-hybridized carbons (Fsp3) is 0.471. The van der Waals surface area contributed by atoms with Crippen LogP contribution in [0.4, 0.5) is 4.39 Å². The first-order chi connectivity index (χ1) is 11.2. The van der Waals surface area contributed by atoms with E-state index in [0.29, 0.717) is 13.1 Å². The van der Waals surface area contributed by atoms with E-state index in [0.717, 1.165) is 36.6 Å². The van der Waals surface area contributed by atoms with E-state index in [1.165, 1.54) is 12.1 Å². The van der Waals surface area contributed by atoms with Crippen molar-refractivity contribution in [2.75, 3.05) is 6.54 Å². The van der Waals surface area contributed by atoms with E-state index in [9.17, 15) is 9.18 Å². The molecule has 1 amide bonds. The first-order valence-electron chi connectivity index (χ1n) is 8.12. The number of benzene rings is 1. The molecule has 0 radical (unpaired) electrons. The van der Waals surface area contributed by atoms with Crippen LogP contribution in [-0.4, -0.2) is 32.1 Å². The quantitative estimate of drug-likeness (QED) is 0.872. The Balaban J connectivity index is 1.45. The summed E-state index contributed by atoms with van der Waals surface area (Å²) in [6, 6.07) is 6.59. The predicted molar refractivity (Wildman–Crippen MR) is 82.1 cm³/mol. The zero-order chi connectivity index (χ0) is 16.0. The van der Waals surface area contributed by atoms with Gasteiger partial charge in [0, 0.05) is 25.4 Å². The lowest BCUT2D eigenvalue weighted by molar-refractivity contribution is -0.134. The summed E-state index contributed by atoms with van der Waals surface area (Å²) in [6.07, 6.45) is 1.66. The molecule has 2 heterocycles. The second-order valence-electron chi connectivity index (χ2n) is 6.30. The molecular formula is C17H19FN4O. The SMILES string of the molecule is CCc1nnc2n1CCN(C(=O)[C@@H]1C[C@@H]1c1cccc(F)c1)C2. The molecule has 5 nitrogen and oxygen atoms in total. The maximum atomic E-state index is 13.3. The van der Waals surface area contributed by atoms with E-state index in [2.05, 4.69) is 21.7 Å². The van der Waals surface area contributed by atoms with Crippen molar-refractivity contribution >= 4 is 5.91 Å². The highest BCUT2D eigenvalue weighted by Gasteiger charge is 2.46. The van der Waals surface area contributed by atoms with Crippen LogP contribution in [-0.2, 0) is 24.3 Å². The molecule has 1 aliphatic heterocycles. The molecule has 0 saturated heterocycles. The van der Waals surface area contributed by atoms with Gasteiger partial charge in [-0.05, 0) is 30.0 Å². The van der Waals surface area contributed by atoms with Gasteiger partial charge in [-0.2, -0.15) is 0 Å². The van der Waals surface area contributed by atoms with Crippen LogP contribution in [0.1, 0.15) is 36.5 Å². The summed E-state index contributed by atoms with van der Waals surface area (Å²) in [5, 5.41) is 8.37. The van der Waals surface area contributed by atoms with Gasteiger partial charge >= 0.3 is 0 Å². The number of hydrogen-bond acceptors (Lipinski definition) is 3. The highest BCUT2D eigenvalue weighted by Crippen LogP contribution is 2.48. The van der Waals surface area contributed by atoms with Crippen molar-refractivity contribution in [3.8, 4) is 0 Å². The number of halogens is 1. The summed E-state index contributed by atoms with van der Waals surface area (Å²) in [6.45, 7) is 4.04. The lowest BCUT2D eigenvalue weighted by atomic mass is 10.1. The number of carbonyl (C=O) groups is 1. The molecule has 2 atom stereocenters. The molecule has 0 unspecified atom stereocenters. The smallest absolute Gasteiger partial charge is 0.226 e. The summed E-state index contributed by atoms with van der Waals surface area (Å²) in [5.41, 5.74) is 0.928. The van der Waals surface area contributed by atoms with Crippen LogP contribution < -0.4 is 0 Å². The maximum Gasteiger partial charge on any atom is 0.226 e. The third kappa shape index (κ3) is 2.52. The molecule has 2 aromatic rings. The van der Waals surface area contributed by atoms with Crippen LogP contribution in [0.5, 0.6) is 0 Å². The minimum Gasteiger partial charge on any atom is -0.333 e. The van der Waals surface area contributed by atoms with Crippen LogP contribution in [0, 0.1) is 11.7 Å². The Bertz CT molecular complexity index is 757. The van der Waals surface area contributed by atoms with Gasteiger partial charge in [0.15, 0.2) is 5.82 Å². The van der Waals surface area contributed by atoms with Gasteiger partial charge in [-0.15, -0.1) is 10.2 Å². The van der Waals surface area contributed by atoms with Crippen molar-refractivity contribution in [1.29, 1.82) is 0 Å². The molecule has 6 heteroatoms. The van der Waals surface area contributed by atoms with Crippen molar-refractivity contribution in [3.05, 3.63) is 47.3 Å². The number of nitrogens with zero attached hydrogens (tertiary/aromatic N) is 4. The second-order valence-corrected chi connectivity index (χ2v) is 6.30. The Morgan fingerprint density at radius 1 is 1.35 bits per heavy atom. The van der Waals surface area contributed by atoms with Crippen LogP contribution in [0.3, 0.4) is 0 Å². The average molecular weight is 314 g/mol. The molecule has 1 aromatic carbocycles. The molecule has 4 rings (SSSR count). The number of amides is 1. The Labute approximate surface area is 134 Å². The van der Waals surface area contributed by atoms with E-state index in [4.69, 9.17) is 0 Å². The highest BCUT2D eigenvalue weighted by molar-refractivity contribution is 5.83. The number of fused-ring (bicyclic) bond motifs is 1. The first kappa shape index (κ1) is 14.4. The predicted octanol–water partition coefficient (Wildman–Crippen LogP) is 2.13. The third-order valence-electron chi connectivity index (χ3n) is 4.84. The van der Waals surface area contributed by atoms with Gasteiger partial charge < -0.3 is 9.47 Å². The van der Waals surface area contributed by atoms with E-state index in [-0.39, 0.29) is 23.6 Å². The average Bonchev–Trinajstić information content (AvgIpc) is 3.26. The van der Waals surface area contributed by atoms with Crippen LogP contribution in [0.15, 0.2) is 24.3 Å². The lowest BCUT2D eigenvalue weighted by Gasteiger charge is -2.28. The zero-order valence-electron chi connectivity index (χ0n) is 13.1. The van der Waals surface area contributed by atoms with Gasteiger partial charge in [-0.1, -0.05) is 19.1 Å². The summed E-state index contributed by atoms with van der Waals surface area (Å²) in [7, 11) is 0. The highest BCUT2D eigenvalue weighted by atomic mass is 19.1. The molecular weight excluding hydrogens is 295 g/mol. The molecule has 2 aliphatic rings. The Hall–Kier alpha value is -2.24. The summed E-state index contributed by atoms with van der Waals surface area (Å²) in [5.74, 6) is 1.91. The van der Waals surface area contributed by atoms with Gasteiger partial charge in [0.1, 0.15) is 11.6 Å². The van der Waals surface area contributed by atoms with Crippen molar-refractivity contribution < 1.29 is 9.18 Å². The molecule has 23 heavy (non-hydrogen) atoms. The van der Waals surface area contributed by atoms with E-state index < -0.39 is 0 Å². The molecule has 0 N–H and O–H groups in total. The first-order valence-corrected chi connectivity index (χ1v) is 8.12. The normalized spacial score (nSPS) is 22.8. The van der Waals surface area contributed by atoms with Crippen molar-refractivity contribution in [1.82, 2.24) is 19.7 Å². The minimum atomic E-state index is -0.237. The number of rotatable bonds is 3. The molecule has 1 saturated carbocycles. The van der Waals surface area contributed by atoms with Crippen molar-refractivity contribution in [2.24, 2.45) is 5.92 Å². The van der Waals surface area contributed by atoms with Crippen molar-refractivity contribution in [3.63, 3.8) is 0 Å². The van der Waals surface area contributed by atoms with Gasteiger partial charge in [-0.3, -0.25) is 4.79 Å². The number of aryl methyl sites for hydroxylation is 1. The van der Waals surface area contributed by atoms with E-state index in [1.807, 2.05) is 11.0 Å². The lowest BCUT2D eigenvalue weighted by Crippen LogP contribution is -2.39. The largest absolute Gasteiger partial charge is 0.333 e. The van der Waals surface area contributed by atoms with Crippen LogP contribution in [0.25, 0.3) is 0 Å². The molecule has 1 aliphatic carbocycles. The summed E-state index contributed by atoms with van der Waals surface area (Å²) < 4.78 is 15.4. The fourth-order valence-corrected chi connectivity index (χ4v) is 3.48. The molecule has 1 aromatic heterocycles. The van der Waals surface area contributed by atoms with Gasteiger partial charge in [-0.25, -0.2) is 4.39 Å². The topological polar surface area (TPSA) is 51.0 Å². The van der Waals surface area contributed by atoms with Crippen LogP contribution >= 0.6 is 0 Å². The molecule has 0 bridgehead atoms. The Morgan fingerprint density at radius 2 is 2.22 bits per heavy atom. The number of aromatic nitrogens is 3. The van der Waals surface area contributed by atoms with E-state index >= 15 is 0 Å². The number of carbonyl (C=O) groups excluding carboxylic acids is 1. The van der Waals surface area contributed by atoms with Gasteiger partial charge in [0.25, 0.3) is 0 Å². The number of hydrogen-bond donors (Lipinski definition) is 0. The third-order valence-corrected chi connectivity index (χ3v) is 4.84.